The van der Waals surface area contributed by atoms with Crippen LogP contribution in [0.3, 0.4) is 0 Å². The zero-order valence-electron chi connectivity index (χ0n) is 25.4. The third kappa shape index (κ3) is 9.32. The fraction of sp³-hybridized carbons (Fsp3) is 0.184. The Hall–Kier alpha value is -2.35. The molecule has 0 N–H and O–H groups in total. The monoisotopic (exact) mass is 684 g/mol. The summed E-state index contributed by atoms with van der Waals surface area (Å²) >= 11 is 1.74. The summed E-state index contributed by atoms with van der Waals surface area (Å²) in [5.41, 5.74) is 12.0. The summed E-state index contributed by atoms with van der Waals surface area (Å²) in [6.45, 7) is 13.3. The van der Waals surface area contributed by atoms with E-state index in [1.165, 1.54) is 60.9 Å². The van der Waals surface area contributed by atoms with Crippen molar-refractivity contribution < 1.29 is 23.3 Å². The van der Waals surface area contributed by atoms with Crippen LogP contribution in [-0.4, -0.2) is 5.43 Å². The van der Waals surface area contributed by atoms with Gasteiger partial charge >= 0.3 is 41.9 Å². The zero-order chi connectivity index (χ0) is 28.6. The Labute approximate surface area is 280 Å². The van der Waals surface area contributed by atoms with Gasteiger partial charge < -0.3 is 0 Å². The van der Waals surface area contributed by atoms with E-state index in [-0.39, 0.29) is 30.2 Å². The molecule has 0 radical (unpaired) electrons. The first kappa shape index (κ1) is 35.8. The van der Waals surface area contributed by atoms with Gasteiger partial charge in [0.2, 0.25) is 0 Å². The van der Waals surface area contributed by atoms with Crippen molar-refractivity contribution in [2.75, 3.05) is 0 Å². The summed E-state index contributed by atoms with van der Waals surface area (Å²) < 4.78 is 0. The molecule has 214 valence electrons. The number of allylic oxidation sites excluding steroid dienone is 4. The van der Waals surface area contributed by atoms with Gasteiger partial charge in [0.25, 0.3) is 0 Å². The summed E-state index contributed by atoms with van der Waals surface area (Å²) in [7, 11) is 0. The average molecular weight is 687 g/mol. The van der Waals surface area contributed by atoms with Crippen molar-refractivity contribution in [3.05, 3.63) is 138 Å². The molecule has 1 aliphatic carbocycles. The maximum atomic E-state index is 3.36. The summed E-state index contributed by atoms with van der Waals surface area (Å²) in [5.74, 6) is 0.560. The molecule has 0 heterocycles. The molecule has 0 spiro atoms. The minimum Gasteiger partial charge on any atom is -0.150 e. The van der Waals surface area contributed by atoms with Crippen molar-refractivity contribution in [3.63, 3.8) is 0 Å². The fourth-order valence-corrected chi connectivity index (χ4v) is 4.94. The van der Waals surface area contributed by atoms with Crippen LogP contribution >= 0.6 is 24.8 Å². The van der Waals surface area contributed by atoms with Crippen molar-refractivity contribution in [1.82, 2.24) is 0 Å². The molecular weight excluding hydrogens is 647 g/mol. The van der Waals surface area contributed by atoms with Gasteiger partial charge in [-0.3, -0.25) is 6.08 Å². The second-order valence-electron chi connectivity index (χ2n) is 10.7. The molecule has 4 heteroatoms. The van der Waals surface area contributed by atoms with Crippen LogP contribution in [0.5, 0.6) is 0 Å². The number of hydrogen-bond acceptors (Lipinski definition) is 0. The third-order valence-corrected chi connectivity index (χ3v) is 7.38. The van der Waals surface area contributed by atoms with Gasteiger partial charge in [0.15, 0.2) is 0 Å². The Bertz CT molecular complexity index is 1600. The van der Waals surface area contributed by atoms with Crippen molar-refractivity contribution in [1.29, 1.82) is 0 Å². The van der Waals surface area contributed by atoms with E-state index in [1.807, 2.05) is 0 Å². The van der Waals surface area contributed by atoms with Crippen molar-refractivity contribution in [2.45, 2.75) is 40.8 Å². The van der Waals surface area contributed by atoms with Gasteiger partial charge in [-0.25, -0.2) is 5.57 Å². The number of rotatable bonds is 3. The van der Waals surface area contributed by atoms with E-state index in [0.29, 0.717) is 5.92 Å². The smallest absolute Gasteiger partial charge is 0.0180 e. The number of hydrogen-bond donors (Lipinski definition) is 0. The Balaban J connectivity index is 0.000000347. The molecule has 6 rings (SSSR count). The molecule has 0 aromatic heterocycles. The van der Waals surface area contributed by atoms with Crippen molar-refractivity contribution in [2.24, 2.45) is 5.92 Å². The van der Waals surface area contributed by atoms with Crippen LogP contribution in [0, 0.1) is 12.0 Å². The first-order valence-corrected chi connectivity index (χ1v) is 20.1. The molecule has 1 aliphatic rings. The number of fused-ring (bicyclic) bond motifs is 1. The predicted octanol–water partition coefficient (Wildman–Crippen LogP) is 11.9. The van der Waals surface area contributed by atoms with E-state index in [1.54, 1.807) is 23.3 Å². The van der Waals surface area contributed by atoms with Gasteiger partial charge in [0.05, 0.1) is 0 Å². The molecule has 0 saturated carbocycles. The molecular formula is C38H40Cl2SiZr. The third-order valence-electron chi connectivity index (χ3n) is 7.38. The molecule has 0 saturated heterocycles. The summed E-state index contributed by atoms with van der Waals surface area (Å²) in [6, 6.07) is 41.2. The van der Waals surface area contributed by atoms with Crippen LogP contribution in [-0.2, 0) is 23.3 Å². The molecule has 42 heavy (non-hydrogen) atoms. The topological polar surface area (TPSA) is 0 Å². The van der Waals surface area contributed by atoms with Gasteiger partial charge in [-0.1, -0.05) is 111 Å². The van der Waals surface area contributed by atoms with E-state index >= 15 is 0 Å². The normalized spacial score (nSPS) is 13.5. The maximum Gasteiger partial charge on any atom is -0.0180 e. The molecule has 5 aromatic rings. The Morgan fingerprint density at radius 3 is 1.55 bits per heavy atom. The quantitative estimate of drug-likeness (QED) is 0.131. The summed E-state index contributed by atoms with van der Waals surface area (Å²) in [5, 5.41) is 2.60. The van der Waals surface area contributed by atoms with Crippen molar-refractivity contribution >= 4 is 41.0 Å². The van der Waals surface area contributed by atoms with E-state index < -0.39 is 0 Å². The molecule has 0 fully saturated rings. The van der Waals surface area contributed by atoms with Crippen LogP contribution in [0.2, 0.25) is 13.1 Å². The molecule has 5 aromatic carbocycles. The minimum absolute atomic E-state index is 0. The van der Waals surface area contributed by atoms with Gasteiger partial charge in [0.1, 0.15) is 0 Å². The summed E-state index contributed by atoms with van der Waals surface area (Å²) in [4.78, 5) is 0. The van der Waals surface area contributed by atoms with Gasteiger partial charge in [-0.05, 0) is 28.3 Å². The molecule has 1 atom stereocenters. The van der Waals surface area contributed by atoms with Crippen LogP contribution in [0.15, 0.2) is 132 Å². The Morgan fingerprint density at radius 1 is 0.667 bits per heavy atom. The van der Waals surface area contributed by atoms with Gasteiger partial charge in [-0.15, -0.1) is 78.4 Å². The standard InChI is InChI=1S/C27H19.C9H13.C2H6Si.2ClH.Zr/c1-3-9-20(10-4-1)23-17-24(21-11-5-2-6-12-21)19-25(18-23)27-16-15-22-13-7-8-14-26(22)27;1-6-5-7(2)9(4)8(6)3;1-3-2;;;/h1-19H;6H,1-4H3;1-2H3;2*1H;/q2*-1;;;;+2. The maximum absolute atomic E-state index is 3.36. The van der Waals surface area contributed by atoms with E-state index in [4.69, 9.17) is 0 Å². The largest absolute Gasteiger partial charge is 0.150 e. The van der Waals surface area contributed by atoms with E-state index in [9.17, 15) is 0 Å². The predicted molar refractivity (Wildman–Crippen MR) is 188 cm³/mol. The molecule has 0 aliphatic heterocycles. The molecule has 0 bridgehead atoms. The number of halogens is 2. The van der Waals surface area contributed by atoms with Crippen LogP contribution in [0.4, 0.5) is 0 Å². The SMILES string of the molecule is CC1=[C-]C(C)C(C)=C1C.C[Si](C)=[Zr+2].Cl.Cl.c1ccc(-c2cc(-c3ccccc3)cc(-c3c[cH-]c4ccccc34)c2)cc1. The van der Waals surface area contributed by atoms with Crippen LogP contribution < -0.4 is 0 Å². The molecule has 0 nitrogen and oxygen atoms in total. The fourth-order valence-electron chi connectivity index (χ4n) is 4.94. The Morgan fingerprint density at radius 2 is 1.12 bits per heavy atom. The first-order chi connectivity index (χ1) is 19.2. The number of benzene rings is 4. The van der Waals surface area contributed by atoms with Crippen LogP contribution in [0.25, 0.3) is 44.2 Å². The van der Waals surface area contributed by atoms with Gasteiger partial charge in [0, 0.05) is 0 Å². The van der Waals surface area contributed by atoms with E-state index in [2.05, 4.69) is 162 Å². The second kappa shape index (κ2) is 17.1. The first-order valence-electron chi connectivity index (χ1n) is 13.9. The molecule has 0 amide bonds. The van der Waals surface area contributed by atoms with E-state index in [0.717, 1.165) is 0 Å². The van der Waals surface area contributed by atoms with Gasteiger partial charge in [-0.2, -0.15) is 11.1 Å². The molecule has 1 unspecified atom stereocenters. The Kier molecular flexibility index (Phi) is 14.6. The second-order valence-corrected chi connectivity index (χ2v) is 20.0. The zero-order valence-corrected chi connectivity index (χ0v) is 30.5. The van der Waals surface area contributed by atoms with Crippen LogP contribution in [0.1, 0.15) is 27.7 Å². The average Bonchev–Trinajstić information content (AvgIpc) is 3.50. The van der Waals surface area contributed by atoms with Crippen molar-refractivity contribution in [3.8, 4) is 33.4 Å². The minimum atomic E-state index is 0. The summed E-state index contributed by atoms with van der Waals surface area (Å²) in [6.07, 6.45) is 3.36.